The number of aromatic nitrogens is 2. The van der Waals surface area contributed by atoms with E-state index in [-0.39, 0.29) is 0 Å². The molecule has 3 heterocycles. The highest BCUT2D eigenvalue weighted by Gasteiger charge is 2.22. The van der Waals surface area contributed by atoms with Gasteiger partial charge in [-0.05, 0) is 41.8 Å². The fourth-order valence-corrected chi connectivity index (χ4v) is 8.59. The van der Waals surface area contributed by atoms with Gasteiger partial charge in [0.1, 0.15) is 0 Å². The predicted octanol–water partition coefficient (Wildman–Crippen LogP) is 11.4. The Morgan fingerprint density at radius 2 is 0.977 bits per heavy atom. The highest BCUT2D eigenvalue weighted by Crippen LogP contribution is 2.46. The summed E-state index contributed by atoms with van der Waals surface area (Å²) < 4.78 is 7.67. The first-order valence-corrected chi connectivity index (χ1v) is 15.5. The van der Waals surface area contributed by atoms with Gasteiger partial charge in [0, 0.05) is 47.1 Å². The highest BCUT2D eigenvalue weighted by molar-refractivity contribution is 7.26. The fraction of sp³-hybridized carbons (Fsp3) is 0. The molecule has 0 aliphatic carbocycles. The van der Waals surface area contributed by atoms with E-state index >= 15 is 0 Å². The maximum absolute atomic E-state index is 2.52. The smallest absolute Gasteiger partial charge is 0.0783 e. The Labute approximate surface area is 251 Å². The van der Waals surface area contributed by atoms with E-state index in [1.165, 1.54) is 85.9 Å². The number of nitrogens with zero attached hydrogens (tertiary/aromatic N) is 2. The zero-order valence-corrected chi connectivity index (χ0v) is 24.0. The van der Waals surface area contributed by atoms with Crippen LogP contribution in [-0.2, 0) is 0 Å². The highest BCUT2D eigenvalue weighted by atomic mass is 32.1. The Hall–Kier alpha value is -5.38. The quantitative estimate of drug-likeness (QED) is 0.198. The fourth-order valence-electron chi connectivity index (χ4n) is 7.33. The lowest BCUT2D eigenvalue weighted by Crippen LogP contribution is -2.01. The van der Waals surface area contributed by atoms with Crippen molar-refractivity contribution >= 4 is 85.9 Å². The van der Waals surface area contributed by atoms with Crippen molar-refractivity contribution in [2.24, 2.45) is 0 Å². The van der Waals surface area contributed by atoms with Crippen LogP contribution in [-0.4, -0.2) is 9.13 Å². The molecule has 0 aliphatic heterocycles. The zero-order valence-electron chi connectivity index (χ0n) is 23.2. The van der Waals surface area contributed by atoms with Crippen molar-refractivity contribution in [1.29, 1.82) is 0 Å². The van der Waals surface area contributed by atoms with Crippen LogP contribution >= 0.6 is 11.3 Å². The molecule has 200 valence electrons. The van der Waals surface area contributed by atoms with Crippen molar-refractivity contribution in [3.05, 3.63) is 146 Å². The molecule has 0 radical (unpaired) electrons. The Morgan fingerprint density at radius 3 is 1.79 bits per heavy atom. The van der Waals surface area contributed by atoms with E-state index in [4.69, 9.17) is 0 Å². The topological polar surface area (TPSA) is 9.86 Å². The zero-order chi connectivity index (χ0) is 28.1. The first-order chi connectivity index (χ1) is 21.4. The third kappa shape index (κ3) is 3.07. The lowest BCUT2D eigenvalue weighted by atomic mass is 10.1. The average Bonchev–Trinajstić information content (AvgIpc) is 3.72. The number of fused-ring (bicyclic) bond motifs is 11. The van der Waals surface area contributed by atoms with Gasteiger partial charge in [-0.25, -0.2) is 0 Å². The summed E-state index contributed by atoms with van der Waals surface area (Å²) in [6.45, 7) is 0. The van der Waals surface area contributed by atoms with Crippen LogP contribution in [0.2, 0.25) is 0 Å². The summed E-state index contributed by atoms with van der Waals surface area (Å²) in [4.78, 5) is 0. The molecule has 3 aromatic heterocycles. The largest absolute Gasteiger partial charge is 0.307 e. The Balaban J connectivity index is 1.47. The van der Waals surface area contributed by atoms with Crippen molar-refractivity contribution in [2.75, 3.05) is 0 Å². The number of hydrogen-bond donors (Lipinski definition) is 0. The van der Waals surface area contributed by atoms with Crippen LogP contribution < -0.4 is 0 Å². The van der Waals surface area contributed by atoms with E-state index in [1.807, 2.05) is 11.3 Å². The van der Waals surface area contributed by atoms with E-state index in [0.717, 1.165) is 0 Å². The van der Waals surface area contributed by atoms with Gasteiger partial charge in [0.25, 0.3) is 0 Å². The first-order valence-electron chi connectivity index (χ1n) is 14.7. The van der Waals surface area contributed by atoms with Crippen molar-refractivity contribution < 1.29 is 0 Å². The molecule has 0 fully saturated rings. The third-order valence-electron chi connectivity index (χ3n) is 9.10. The molecule has 0 atom stereocenters. The minimum absolute atomic E-state index is 1.19. The average molecular weight is 565 g/mol. The van der Waals surface area contributed by atoms with Gasteiger partial charge in [-0.15, -0.1) is 11.3 Å². The van der Waals surface area contributed by atoms with Crippen LogP contribution in [0, 0.1) is 0 Å². The molecule has 43 heavy (non-hydrogen) atoms. The summed E-state index contributed by atoms with van der Waals surface area (Å²) in [5, 5.41) is 10.3. The second-order valence-corrected chi connectivity index (χ2v) is 12.4. The molecule has 0 unspecified atom stereocenters. The van der Waals surface area contributed by atoms with E-state index in [2.05, 4.69) is 155 Å². The lowest BCUT2D eigenvalue weighted by Gasteiger charge is -2.16. The number of para-hydroxylation sites is 3. The molecule has 0 amide bonds. The molecule has 0 saturated heterocycles. The molecule has 2 nitrogen and oxygen atoms in total. The van der Waals surface area contributed by atoms with Crippen molar-refractivity contribution in [2.45, 2.75) is 0 Å². The van der Waals surface area contributed by atoms with E-state index in [9.17, 15) is 0 Å². The summed E-state index contributed by atoms with van der Waals surface area (Å²) in [5.74, 6) is 0. The molecular weight excluding hydrogens is 541 g/mol. The molecule has 10 aromatic rings. The van der Waals surface area contributed by atoms with Gasteiger partial charge >= 0.3 is 0 Å². The molecule has 7 aromatic carbocycles. The number of thiophene rings is 1. The molecule has 0 N–H and O–H groups in total. The maximum atomic E-state index is 2.52. The van der Waals surface area contributed by atoms with Crippen molar-refractivity contribution in [1.82, 2.24) is 9.13 Å². The van der Waals surface area contributed by atoms with Gasteiger partial charge in [0.2, 0.25) is 0 Å². The number of hydrogen-bond acceptors (Lipinski definition) is 1. The molecule has 0 bridgehead atoms. The summed E-state index contributed by atoms with van der Waals surface area (Å²) in [7, 11) is 0. The monoisotopic (exact) mass is 564 g/mol. The second-order valence-electron chi connectivity index (χ2n) is 11.3. The van der Waals surface area contributed by atoms with Gasteiger partial charge in [0.15, 0.2) is 0 Å². The van der Waals surface area contributed by atoms with Gasteiger partial charge in [-0.2, -0.15) is 0 Å². The molecule has 0 aliphatic rings. The van der Waals surface area contributed by atoms with Gasteiger partial charge < -0.3 is 9.13 Å². The SMILES string of the molecule is c1ccc2c(-n3c4ccc5c6ccccc6sc5c4c4cccc(-n5c6ccccc6c6ccccc65)c43)cccc2c1. The summed E-state index contributed by atoms with van der Waals surface area (Å²) in [6, 6.07) is 53.3. The van der Waals surface area contributed by atoms with Gasteiger partial charge in [0.05, 0.1) is 33.4 Å². The molecule has 0 spiro atoms. The molecule has 10 rings (SSSR count). The van der Waals surface area contributed by atoms with Gasteiger partial charge in [-0.1, -0.05) is 109 Å². The molecule has 0 saturated carbocycles. The van der Waals surface area contributed by atoms with Crippen LogP contribution in [0.3, 0.4) is 0 Å². The number of rotatable bonds is 2. The van der Waals surface area contributed by atoms with Crippen LogP contribution in [0.25, 0.3) is 85.9 Å². The second kappa shape index (κ2) is 8.57. The normalized spacial score (nSPS) is 12.2. The molecular formula is C40H24N2S. The maximum Gasteiger partial charge on any atom is 0.0783 e. The predicted molar refractivity (Wildman–Crippen MR) is 186 cm³/mol. The lowest BCUT2D eigenvalue weighted by molar-refractivity contribution is 1.14. The van der Waals surface area contributed by atoms with E-state index in [0.29, 0.717) is 0 Å². The van der Waals surface area contributed by atoms with Crippen LogP contribution in [0.4, 0.5) is 0 Å². The summed E-state index contributed by atoms with van der Waals surface area (Å²) >= 11 is 1.91. The molecule has 3 heteroatoms. The minimum atomic E-state index is 1.19. The standard InChI is InChI=1S/C40H24N2S/c1-2-13-26-25(11-1)12-9-20-32(26)42-35-24-23-30-29-16-5-8-22-37(29)43-40(30)38(35)31-17-10-21-36(39(31)42)41-33-18-6-3-14-27(33)28-15-4-7-19-34(28)41/h1-24H. The first kappa shape index (κ1) is 23.2. The van der Waals surface area contributed by atoms with Crippen LogP contribution in [0.1, 0.15) is 0 Å². The number of benzene rings is 7. The van der Waals surface area contributed by atoms with Crippen LogP contribution in [0.5, 0.6) is 0 Å². The van der Waals surface area contributed by atoms with Crippen molar-refractivity contribution in [3.8, 4) is 11.4 Å². The Bertz CT molecular complexity index is 2680. The minimum Gasteiger partial charge on any atom is -0.307 e. The Kier molecular flexibility index (Phi) is 4.63. The van der Waals surface area contributed by atoms with Crippen LogP contribution in [0.15, 0.2) is 146 Å². The van der Waals surface area contributed by atoms with E-state index in [1.54, 1.807) is 0 Å². The van der Waals surface area contributed by atoms with E-state index < -0.39 is 0 Å². The van der Waals surface area contributed by atoms with Crippen molar-refractivity contribution in [3.63, 3.8) is 0 Å². The third-order valence-corrected chi connectivity index (χ3v) is 10.3. The summed E-state index contributed by atoms with van der Waals surface area (Å²) in [5.41, 5.74) is 7.29. The Morgan fingerprint density at radius 1 is 0.372 bits per heavy atom. The van der Waals surface area contributed by atoms with Gasteiger partial charge in [-0.3, -0.25) is 0 Å². The summed E-state index contributed by atoms with van der Waals surface area (Å²) in [6.07, 6.45) is 0.